The molecule has 0 aliphatic heterocycles. The van der Waals surface area contributed by atoms with Crippen LogP contribution in [0.5, 0.6) is 0 Å². The monoisotopic (exact) mass is 214 g/mol. The third kappa shape index (κ3) is 2.55. The highest BCUT2D eigenvalue weighted by atomic mass is 35.5. The van der Waals surface area contributed by atoms with E-state index in [0.717, 1.165) is 10.6 Å². The van der Waals surface area contributed by atoms with E-state index in [1.54, 1.807) is 12.1 Å². The summed E-state index contributed by atoms with van der Waals surface area (Å²) >= 11 is 5.81. The molecule has 1 nitrogen and oxygen atoms in total. The molecule has 0 radical (unpaired) electrons. The van der Waals surface area contributed by atoms with Crippen LogP contribution in [0.3, 0.4) is 0 Å². The molecule has 1 unspecified atom stereocenters. The predicted molar refractivity (Wildman–Crippen MR) is 55.5 cm³/mol. The first-order valence-corrected chi connectivity index (χ1v) is 6.09. The van der Waals surface area contributed by atoms with E-state index in [9.17, 15) is 4.21 Å². The van der Waals surface area contributed by atoms with Crippen LogP contribution in [0.25, 0.3) is 0 Å². The van der Waals surface area contributed by atoms with Crippen molar-refractivity contribution in [1.82, 2.24) is 0 Å². The summed E-state index contributed by atoms with van der Waals surface area (Å²) in [6.07, 6.45) is 2.48. The van der Waals surface area contributed by atoms with Gasteiger partial charge in [0.1, 0.15) is 0 Å². The molecule has 0 bridgehead atoms. The van der Waals surface area contributed by atoms with Crippen molar-refractivity contribution in [3.63, 3.8) is 0 Å². The second kappa shape index (κ2) is 3.81. The van der Waals surface area contributed by atoms with E-state index in [4.69, 9.17) is 11.6 Å². The molecule has 1 fully saturated rings. The van der Waals surface area contributed by atoms with Gasteiger partial charge < -0.3 is 0 Å². The third-order valence-corrected chi connectivity index (χ3v) is 3.93. The van der Waals surface area contributed by atoms with E-state index < -0.39 is 10.8 Å². The molecule has 0 heterocycles. The van der Waals surface area contributed by atoms with Crippen LogP contribution in [-0.4, -0.2) is 9.96 Å². The van der Waals surface area contributed by atoms with Crippen LogP contribution < -0.4 is 0 Å². The molecule has 1 atom stereocenters. The van der Waals surface area contributed by atoms with Gasteiger partial charge in [-0.05, 0) is 37.0 Å². The Morgan fingerprint density at radius 1 is 1.46 bits per heavy atom. The number of halogens is 1. The zero-order valence-electron chi connectivity index (χ0n) is 7.20. The van der Waals surface area contributed by atoms with E-state index in [0.29, 0.717) is 10.9 Å². The summed E-state index contributed by atoms with van der Waals surface area (Å²) in [6, 6.07) is 7.33. The first-order chi connectivity index (χ1) is 6.25. The maximum absolute atomic E-state index is 11.7. The summed E-state index contributed by atoms with van der Waals surface area (Å²) in [5.74, 6) is 1.50. The van der Waals surface area contributed by atoms with Crippen LogP contribution in [0.1, 0.15) is 12.8 Å². The zero-order chi connectivity index (χ0) is 9.26. The smallest absolute Gasteiger partial charge is 0.0532 e. The van der Waals surface area contributed by atoms with Crippen LogP contribution in [0.2, 0.25) is 5.02 Å². The Morgan fingerprint density at radius 3 is 2.85 bits per heavy atom. The lowest BCUT2D eigenvalue weighted by Crippen LogP contribution is -1.99. The first kappa shape index (κ1) is 9.22. The molecule has 2 rings (SSSR count). The van der Waals surface area contributed by atoms with E-state index >= 15 is 0 Å². The van der Waals surface area contributed by atoms with Crippen LogP contribution in [0, 0.1) is 5.92 Å². The molecule has 13 heavy (non-hydrogen) atoms. The minimum atomic E-state index is -0.846. The second-order valence-electron chi connectivity index (χ2n) is 3.41. The van der Waals surface area contributed by atoms with Gasteiger partial charge in [-0.25, -0.2) is 0 Å². The standard InChI is InChI=1S/C10H11ClOS/c11-9-2-1-3-10(6-9)13(12)7-8-4-5-8/h1-3,6,8H,4-5,7H2. The largest absolute Gasteiger partial charge is 0.254 e. The van der Waals surface area contributed by atoms with Crippen molar-refractivity contribution in [2.24, 2.45) is 5.92 Å². The Kier molecular flexibility index (Phi) is 2.70. The quantitative estimate of drug-likeness (QED) is 0.756. The van der Waals surface area contributed by atoms with E-state index in [1.165, 1.54) is 12.8 Å². The van der Waals surface area contributed by atoms with Gasteiger partial charge in [-0.2, -0.15) is 0 Å². The Labute approximate surface area is 85.6 Å². The van der Waals surface area contributed by atoms with Gasteiger partial charge in [-0.15, -0.1) is 0 Å². The van der Waals surface area contributed by atoms with Crippen molar-refractivity contribution >= 4 is 22.4 Å². The van der Waals surface area contributed by atoms with Crippen LogP contribution in [0.4, 0.5) is 0 Å². The van der Waals surface area contributed by atoms with Gasteiger partial charge in [-0.1, -0.05) is 17.7 Å². The average Bonchev–Trinajstić information content (AvgIpc) is 2.88. The SMILES string of the molecule is O=S(CC1CC1)c1cccc(Cl)c1. The minimum absolute atomic E-state index is 0.668. The Morgan fingerprint density at radius 2 is 2.23 bits per heavy atom. The number of hydrogen-bond donors (Lipinski definition) is 0. The van der Waals surface area contributed by atoms with Gasteiger partial charge in [-0.3, -0.25) is 4.21 Å². The third-order valence-electron chi connectivity index (χ3n) is 2.14. The predicted octanol–water partition coefficient (Wildman–Crippen LogP) is 2.86. The molecule has 1 aliphatic carbocycles. The lowest BCUT2D eigenvalue weighted by molar-refractivity contribution is 0.680. The van der Waals surface area contributed by atoms with Crippen molar-refractivity contribution in [1.29, 1.82) is 0 Å². The summed E-state index contributed by atoms with van der Waals surface area (Å²) in [5.41, 5.74) is 0. The normalized spacial score (nSPS) is 18.5. The lowest BCUT2D eigenvalue weighted by Gasteiger charge is -2.00. The van der Waals surface area contributed by atoms with Gasteiger partial charge in [0.2, 0.25) is 0 Å². The lowest BCUT2D eigenvalue weighted by atomic mass is 10.4. The van der Waals surface area contributed by atoms with Gasteiger partial charge in [0.05, 0.1) is 10.8 Å². The molecular formula is C10H11ClOS. The highest BCUT2D eigenvalue weighted by Gasteiger charge is 2.24. The van der Waals surface area contributed by atoms with Gasteiger partial charge in [0.15, 0.2) is 0 Å². The Bertz CT molecular complexity index is 333. The van der Waals surface area contributed by atoms with Crippen LogP contribution >= 0.6 is 11.6 Å². The van der Waals surface area contributed by atoms with Gasteiger partial charge in [0.25, 0.3) is 0 Å². The van der Waals surface area contributed by atoms with Crippen LogP contribution in [-0.2, 0) is 10.8 Å². The summed E-state index contributed by atoms with van der Waals surface area (Å²) in [5, 5.41) is 0.668. The van der Waals surface area contributed by atoms with Gasteiger partial charge >= 0.3 is 0 Å². The van der Waals surface area contributed by atoms with Crippen LogP contribution in [0.15, 0.2) is 29.2 Å². The summed E-state index contributed by atoms with van der Waals surface area (Å²) in [6.45, 7) is 0. The first-order valence-electron chi connectivity index (χ1n) is 4.39. The summed E-state index contributed by atoms with van der Waals surface area (Å²) in [7, 11) is -0.846. The molecule has 1 aliphatic rings. The number of hydrogen-bond acceptors (Lipinski definition) is 1. The van der Waals surface area contributed by atoms with Crippen molar-refractivity contribution in [3.8, 4) is 0 Å². The highest BCUT2D eigenvalue weighted by Crippen LogP contribution is 2.31. The molecular weight excluding hydrogens is 204 g/mol. The minimum Gasteiger partial charge on any atom is -0.254 e. The van der Waals surface area contributed by atoms with E-state index in [2.05, 4.69) is 0 Å². The fourth-order valence-corrected chi connectivity index (χ4v) is 2.90. The molecule has 0 aromatic heterocycles. The molecule has 1 saturated carbocycles. The Balaban J connectivity index is 2.09. The molecule has 3 heteroatoms. The van der Waals surface area contributed by atoms with Crippen molar-refractivity contribution in [2.45, 2.75) is 17.7 Å². The Hall–Kier alpha value is -0.340. The molecule has 0 saturated heterocycles. The fourth-order valence-electron chi connectivity index (χ4n) is 1.20. The summed E-state index contributed by atoms with van der Waals surface area (Å²) in [4.78, 5) is 0.861. The zero-order valence-corrected chi connectivity index (χ0v) is 8.77. The molecule has 1 aromatic rings. The molecule has 0 N–H and O–H groups in total. The maximum atomic E-state index is 11.7. The topological polar surface area (TPSA) is 17.1 Å². The van der Waals surface area contributed by atoms with Crippen molar-refractivity contribution in [2.75, 3.05) is 5.75 Å². The number of benzene rings is 1. The molecule has 0 amide bonds. The fraction of sp³-hybridized carbons (Fsp3) is 0.400. The van der Waals surface area contributed by atoms with Gasteiger partial charge in [0, 0.05) is 15.7 Å². The average molecular weight is 215 g/mol. The highest BCUT2D eigenvalue weighted by molar-refractivity contribution is 7.85. The van der Waals surface area contributed by atoms with E-state index in [1.807, 2.05) is 12.1 Å². The number of rotatable bonds is 3. The molecule has 70 valence electrons. The molecule has 1 aromatic carbocycles. The van der Waals surface area contributed by atoms with Crippen molar-refractivity contribution < 1.29 is 4.21 Å². The van der Waals surface area contributed by atoms with E-state index in [-0.39, 0.29) is 0 Å². The maximum Gasteiger partial charge on any atom is 0.0532 e. The second-order valence-corrected chi connectivity index (χ2v) is 5.35. The molecule has 0 spiro atoms. The summed E-state index contributed by atoms with van der Waals surface area (Å²) < 4.78 is 11.7. The van der Waals surface area contributed by atoms with Crippen molar-refractivity contribution in [3.05, 3.63) is 29.3 Å².